The van der Waals surface area contributed by atoms with Crippen LogP contribution >= 0.6 is 0 Å². The van der Waals surface area contributed by atoms with E-state index in [2.05, 4.69) is 48.0 Å². The number of allylic oxidation sites excluding steroid dienone is 4. The number of rotatable bonds is 22. The summed E-state index contributed by atoms with van der Waals surface area (Å²) in [5.74, 6) is -4.22. The average molecular weight is 1140 g/mol. The molecule has 83 heavy (non-hydrogen) atoms. The van der Waals surface area contributed by atoms with Crippen molar-refractivity contribution in [2.45, 2.75) is 127 Å². The summed E-state index contributed by atoms with van der Waals surface area (Å²) in [4.78, 5) is 131. The number of fused-ring (bicyclic) bond motifs is 7. The number of ketones is 2. The first-order chi connectivity index (χ1) is 39.4. The third kappa shape index (κ3) is 11.6. The Hall–Kier alpha value is -7.56. The SMILES string of the molecule is CN(CCN(C)C(=O)OCc1ccc(NC(=O)[C@H](CCC(=O)O)NC(=O)CNC(=O)CCN2C(=O)C=CC2=O)cc1)C(=O)OCC(=O)[C@@]12O[C@H](c3ccc(CC45CC(N)(C4)C5)cc3)O[C@@H]1C[C@H]1[C@@H]3CCC4=CC(=O)C=C[C@]4(C)[C@H]3CC[C@@]12C. The van der Waals surface area contributed by atoms with Crippen molar-refractivity contribution < 1.29 is 72.0 Å². The van der Waals surface area contributed by atoms with Crippen molar-refractivity contribution in [1.29, 1.82) is 0 Å². The second-order valence-electron chi connectivity index (χ2n) is 24.7. The van der Waals surface area contributed by atoms with Crippen LogP contribution in [-0.2, 0) is 70.3 Å². The van der Waals surface area contributed by atoms with E-state index in [4.69, 9.17) is 24.7 Å². The summed E-state index contributed by atoms with van der Waals surface area (Å²) in [6, 6.07) is 13.2. The highest BCUT2D eigenvalue weighted by molar-refractivity contribution is 6.13. The molecule has 7 aliphatic carbocycles. The van der Waals surface area contributed by atoms with E-state index in [9.17, 15) is 48.3 Å². The number of carboxylic acid groups (broad SMARTS) is 1. The molecule has 0 spiro atoms. The molecule has 2 aromatic carbocycles. The molecule has 7 fully saturated rings. The molecule has 0 aromatic heterocycles. The van der Waals surface area contributed by atoms with Gasteiger partial charge in [0.2, 0.25) is 23.5 Å². The fourth-order valence-corrected chi connectivity index (χ4v) is 15.0. The molecule has 9 aliphatic rings. The molecular formula is C61H73N7O15. The zero-order valence-electron chi connectivity index (χ0n) is 47.3. The summed E-state index contributed by atoms with van der Waals surface area (Å²) < 4.78 is 25.2. The Balaban J connectivity index is 0.699. The maximum absolute atomic E-state index is 15.1. The highest BCUT2D eigenvalue weighted by atomic mass is 16.7. The van der Waals surface area contributed by atoms with E-state index >= 15 is 4.79 Å². The van der Waals surface area contributed by atoms with Crippen LogP contribution in [0.15, 0.2) is 84.5 Å². The lowest BCUT2D eigenvalue weighted by Crippen LogP contribution is -2.72. The van der Waals surface area contributed by atoms with Gasteiger partial charge >= 0.3 is 18.2 Å². The molecule has 2 aliphatic heterocycles. The molecule has 9 atom stereocenters. The zero-order chi connectivity index (χ0) is 59.2. The van der Waals surface area contributed by atoms with E-state index in [1.807, 2.05) is 18.2 Å². The van der Waals surface area contributed by atoms with Gasteiger partial charge in [0.05, 0.1) is 12.6 Å². The van der Waals surface area contributed by atoms with E-state index in [0.29, 0.717) is 23.8 Å². The number of hydrogen-bond donors (Lipinski definition) is 5. The molecule has 1 saturated heterocycles. The minimum atomic E-state index is -1.40. The number of imide groups is 1. The number of anilines is 1. The van der Waals surface area contributed by atoms with Crippen LogP contribution in [0.25, 0.3) is 0 Å². The normalized spacial score (nSPS) is 30.7. The van der Waals surface area contributed by atoms with Gasteiger partial charge in [-0.25, -0.2) is 9.59 Å². The molecule has 0 radical (unpaired) electrons. The number of likely N-dealkylation sites (N-methyl/N-ethyl adjacent to an activating group) is 2. The van der Waals surface area contributed by atoms with Gasteiger partial charge in [-0.15, -0.1) is 0 Å². The highest BCUT2D eigenvalue weighted by Gasteiger charge is 2.75. The molecule has 442 valence electrons. The molecule has 22 nitrogen and oxygen atoms in total. The number of ether oxygens (including phenoxy) is 4. The van der Waals surface area contributed by atoms with Crippen molar-refractivity contribution in [2.75, 3.05) is 52.2 Å². The van der Waals surface area contributed by atoms with Gasteiger partial charge in [-0.3, -0.25) is 43.3 Å². The number of carboxylic acids is 1. The van der Waals surface area contributed by atoms with Gasteiger partial charge in [-0.05, 0) is 123 Å². The summed E-state index contributed by atoms with van der Waals surface area (Å²) in [6.45, 7) is 3.02. The zero-order valence-corrected chi connectivity index (χ0v) is 47.3. The van der Waals surface area contributed by atoms with Crippen LogP contribution in [0.5, 0.6) is 0 Å². The van der Waals surface area contributed by atoms with Crippen molar-refractivity contribution in [3.8, 4) is 0 Å². The molecule has 7 amide bonds. The first-order valence-corrected chi connectivity index (χ1v) is 28.6. The summed E-state index contributed by atoms with van der Waals surface area (Å²) >= 11 is 0. The number of nitrogens with two attached hydrogens (primary N) is 1. The van der Waals surface area contributed by atoms with Crippen LogP contribution in [0.4, 0.5) is 15.3 Å². The number of aliphatic carboxylic acids is 1. The Morgan fingerprint density at radius 3 is 2.16 bits per heavy atom. The van der Waals surface area contributed by atoms with Crippen LogP contribution < -0.4 is 21.7 Å². The van der Waals surface area contributed by atoms with Gasteiger partial charge in [-0.2, -0.15) is 0 Å². The minimum absolute atomic E-state index is 0.0215. The standard InChI is InChI=1S/C61H73N7O15/c1-57-22-19-41(69)27-39(57)11-14-42-43(57)20-23-58(2)44(42)28-47-61(58,83-54(82-47)38-9-5-36(6-10-38)29-59-33-60(62,34-59)35-59)46(70)32-81-56(79)67(4)26-25-66(3)55(78)80-31-37-7-12-40(13-8-37)64-53(77)45(15-18-52(75)76)65-49(72)30-63-48(71)21-24-68-50(73)16-17-51(68)74/h5-10,12-13,16-17,19,22,27,42-45,47,54H,11,14-15,18,20-21,23-26,28-35,62H2,1-4H3,(H,63,71)(H,64,77)(H,65,72)(H,75,76)/t42-,43+,44+,45+,47-,54-,57+,58+,59?,60?,61-/m1/s1. The van der Waals surface area contributed by atoms with Crippen LogP contribution in [0, 0.1) is 34.0 Å². The second-order valence-corrected chi connectivity index (χ2v) is 24.7. The van der Waals surface area contributed by atoms with E-state index < -0.39 is 96.7 Å². The summed E-state index contributed by atoms with van der Waals surface area (Å²) in [7, 11) is 3.01. The smallest absolute Gasteiger partial charge is 0.409 e. The third-order valence-electron chi connectivity index (χ3n) is 19.2. The number of nitrogens with zero attached hydrogens (tertiary/aromatic N) is 3. The number of carbonyl (C=O) groups is 10. The molecule has 6 N–H and O–H groups in total. The molecular weight excluding hydrogens is 1070 g/mol. The summed E-state index contributed by atoms with van der Waals surface area (Å²) in [5, 5.41) is 16.6. The monoisotopic (exact) mass is 1140 g/mol. The number of amides is 7. The van der Waals surface area contributed by atoms with Crippen molar-refractivity contribution >= 4 is 64.9 Å². The largest absolute Gasteiger partial charge is 0.481 e. The van der Waals surface area contributed by atoms with Crippen LogP contribution in [0.1, 0.15) is 107 Å². The molecule has 6 saturated carbocycles. The molecule has 2 aromatic rings. The first-order valence-electron chi connectivity index (χ1n) is 28.6. The topological polar surface area (TPSA) is 300 Å². The van der Waals surface area contributed by atoms with Crippen LogP contribution in [0.3, 0.4) is 0 Å². The van der Waals surface area contributed by atoms with Gasteiger partial charge in [0.25, 0.3) is 11.8 Å². The number of Topliss-reactive ketones (excluding diaryl/α,β-unsaturated/α-hetero) is 1. The number of hydrogen-bond acceptors (Lipinski definition) is 15. The molecule has 0 unspecified atom stereocenters. The Morgan fingerprint density at radius 1 is 0.831 bits per heavy atom. The van der Waals surface area contributed by atoms with E-state index in [1.165, 1.54) is 47.2 Å². The Kier molecular flexibility index (Phi) is 16.2. The van der Waals surface area contributed by atoms with E-state index in [0.717, 1.165) is 67.6 Å². The fourth-order valence-electron chi connectivity index (χ4n) is 15.0. The van der Waals surface area contributed by atoms with E-state index in [-0.39, 0.29) is 85.0 Å². The van der Waals surface area contributed by atoms with Crippen molar-refractivity contribution in [3.05, 3.63) is 101 Å². The summed E-state index contributed by atoms with van der Waals surface area (Å²) in [5.41, 5.74) is 8.40. The number of carbonyl (C=O) groups excluding carboxylic acids is 9. The molecule has 2 bridgehead atoms. The lowest BCUT2D eigenvalue weighted by molar-refractivity contribution is -0.186. The van der Waals surface area contributed by atoms with Gasteiger partial charge in [0.15, 0.2) is 24.3 Å². The lowest BCUT2D eigenvalue weighted by atomic mass is 9.38. The van der Waals surface area contributed by atoms with Crippen LogP contribution in [0.2, 0.25) is 0 Å². The Bertz CT molecular complexity index is 3050. The molecule has 11 rings (SSSR count). The predicted molar refractivity (Wildman–Crippen MR) is 296 cm³/mol. The quantitative estimate of drug-likeness (QED) is 0.0989. The predicted octanol–water partition coefficient (Wildman–Crippen LogP) is 4.81. The van der Waals surface area contributed by atoms with E-state index in [1.54, 1.807) is 18.2 Å². The van der Waals surface area contributed by atoms with Crippen molar-refractivity contribution in [3.63, 3.8) is 0 Å². The van der Waals surface area contributed by atoms with Gasteiger partial charge in [0, 0.05) is 86.3 Å². The summed E-state index contributed by atoms with van der Waals surface area (Å²) in [6.07, 6.45) is 11.8. The lowest BCUT2D eigenvalue weighted by Gasteiger charge is -2.69. The van der Waals surface area contributed by atoms with Crippen molar-refractivity contribution in [2.24, 2.45) is 39.7 Å². The second kappa shape index (κ2) is 22.9. The third-order valence-corrected chi connectivity index (χ3v) is 19.2. The van der Waals surface area contributed by atoms with Gasteiger partial charge < -0.3 is 55.5 Å². The maximum atomic E-state index is 15.1. The van der Waals surface area contributed by atoms with Gasteiger partial charge in [-0.1, -0.05) is 61.9 Å². The van der Waals surface area contributed by atoms with Crippen LogP contribution in [-0.4, -0.2) is 149 Å². The minimum Gasteiger partial charge on any atom is -0.481 e. The average Bonchev–Trinajstić information content (AvgIpc) is 1.74. The fraction of sp³-hybridized carbons (Fsp3) is 0.541. The Labute approximate surface area is 480 Å². The highest BCUT2D eigenvalue weighted by Crippen LogP contribution is 2.71. The molecule has 2 heterocycles. The molecule has 22 heteroatoms. The van der Waals surface area contributed by atoms with Crippen molar-refractivity contribution in [1.82, 2.24) is 25.3 Å². The van der Waals surface area contributed by atoms with Gasteiger partial charge in [0.1, 0.15) is 12.6 Å². The number of benzene rings is 2. The Morgan fingerprint density at radius 2 is 1.49 bits per heavy atom. The first kappa shape index (κ1) is 58.6. The number of nitrogens with one attached hydrogen (secondary N) is 3. The maximum Gasteiger partial charge on any atom is 0.409 e.